The first kappa shape index (κ1) is 26.5. The number of thiophene rings is 1. The fourth-order valence-electron chi connectivity index (χ4n) is 3.58. The Balaban J connectivity index is 1.66. The van der Waals surface area contributed by atoms with E-state index in [0.29, 0.717) is 21.6 Å². The van der Waals surface area contributed by atoms with Crippen molar-refractivity contribution < 1.29 is 14.5 Å². The summed E-state index contributed by atoms with van der Waals surface area (Å²) >= 11 is 2.03. The zero-order chi connectivity index (χ0) is 27.0. The molecule has 1 N–H and O–H groups in total. The number of anilines is 1. The summed E-state index contributed by atoms with van der Waals surface area (Å²) in [7, 11) is 0. The Kier molecular flexibility index (Phi) is 7.21. The molecule has 2 aromatic carbocycles. The molecule has 0 aliphatic carbocycles. The van der Waals surface area contributed by atoms with Gasteiger partial charge in [-0.3, -0.25) is 20.2 Å². The van der Waals surface area contributed by atoms with Gasteiger partial charge < -0.3 is 4.74 Å². The van der Waals surface area contributed by atoms with E-state index in [-0.39, 0.29) is 20.7 Å². The smallest absolute Gasteiger partial charge is 0.324 e. The third-order valence-electron chi connectivity index (χ3n) is 5.77. The number of aromatic nitrogens is 1. The van der Waals surface area contributed by atoms with Crippen LogP contribution in [-0.4, -0.2) is 15.8 Å². The van der Waals surface area contributed by atoms with Crippen molar-refractivity contribution in [3.63, 3.8) is 0 Å². The molecule has 0 spiro atoms. The third kappa shape index (κ3) is 6.23. The second-order valence-corrected chi connectivity index (χ2v) is 12.7. The van der Waals surface area contributed by atoms with E-state index in [4.69, 9.17) is 4.74 Å². The van der Waals surface area contributed by atoms with Crippen molar-refractivity contribution in [1.29, 1.82) is 0 Å². The van der Waals surface area contributed by atoms with Gasteiger partial charge in [0.1, 0.15) is 11.4 Å². The van der Waals surface area contributed by atoms with Crippen molar-refractivity contribution in [2.75, 3.05) is 5.32 Å². The van der Waals surface area contributed by atoms with Crippen LogP contribution in [-0.2, 0) is 10.8 Å². The number of ether oxygens (including phenoxy) is 1. The average molecular weight is 536 g/mol. The van der Waals surface area contributed by atoms with Crippen LogP contribution in [0.15, 0.2) is 60.7 Å². The molecule has 0 unspecified atom stereocenters. The van der Waals surface area contributed by atoms with Gasteiger partial charge in [-0.05, 0) is 40.2 Å². The zero-order valence-corrected chi connectivity index (χ0v) is 23.3. The van der Waals surface area contributed by atoms with Crippen LogP contribution in [0, 0.1) is 10.1 Å². The minimum Gasteiger partial charge on any atom is -0.444 e. The van der Waals surface area contributed by atoms with Gasteiger partial charge in [0.2, 0.25) is 5.06 Å². The molecular formula is C28H29N3O4S2. The number of rotatable bonds is 6. The van der Waals surface area contributed by atoms with Crippen LogP contribution in [0.25, 0.3) is 11.3 Å². The topological polar surface area (TPSA) is 94.4 Å². The maximum Gasteiger partial charge on any atom is 0.324 e. The number of hydrogen-bond donors (Lipinski definition) is 1. The fourth-order valence-corrected chi connectivity index (χ4v) is 5.15. The summed E-state index contributed by atoms with van der Waals surface area (Å²) in [6.07, 6.45) is 0. The monoisotopic (exact) mass is 535 g/mol. The van der Waals surface area contributed by atoms with Crippen molar-refractivity contribution in [3.05, 3.63) is 86.8 Å². The summed E-state index contributed by atoms with van der Waals surface area (Å²) in [5, 5.41) is 14.6. The molecule has 0 saturated heterocycles. The minimum absolute atomic E-state index is 0.0111. The summed E-state index contributed by atoms with van der Waals surface area (Å²) in [6, 6.07) is 18.8. The van der Waals surface area contributed by atoms with Crippen LogP contribution in [0.2, 0.25) is 0 Å². The number of carbonyl (C=O) groups excluding carboxylic acids is 1. The molecule has 2 heterocycles. The standard InChI is InChI=1S/C28H29N3O4S2/c1-27(2,3)18-9-7-17(8-10-18)23-25(35-20-13-11-19(12-14-20)28(4,5)6)37-26(29-23)30-24(32)21-15-16-22(36-21)31(33)34/h7-16H,1-6H3,(H,29,30,32). The summed E-state index contributed by atoms with van der Waals surface area (Å²) in [5.41, 5.74) is 3.89. The van der Waals surface area contributed by atoms with E-state index in [2.05, 4.69) is 64.0 Å². The molecule has 2 aromatic heterocycles. The highest BCUT2D eigenvalue weighted by Crippen LogP contribution is 2.41. The molecule has 0 saturated carbocycles. The van der Waals surface area contributed by atoms with Gasteiger partial charge in [-0.1, -0.05) is 101 Å². The summed E-state index contributed by atoms with van der Waals surface area (Å²) in [5.74, 6) is 0.207. The molecule has 0 bridgehead atoms. The quantitative estimate of drug-likeness (QED) is 0.197. The van der Waals surface area contributed by atoms with E-state index in [1.165, 1.54) is 34.6 Å². The molecule has 9 heteroatoms. The van der Waals surface area contributed by atoms with Crippen molar-refractivity contribution >= 4 is 38.7 Å². The molecule has 192 valence electrons. The fraction of sp³-hybridized carbons (Fsp3) is 0.286. The highest BCUT2D eigenvalue weighted by Gasteiger charge is 2.21. The zero-order valence-electron chi connectivity index (χ0n) is 21.6. The van der Waals surface area contributed by atoms with Crippen LogP contribution in [0.1, 0.15) is 62.3 Å². The maximum atomic E-state index is 12.8. The largest absolute Gasteiger partial charge is 0.444 e. The molecular weight excluding hydrogens is 506 g/mol. The first-order valence-corrected chi connectivity index (χ1v) is 13.4. The number of carbonyl (C=O) groups is 1. The summed E-state index contributed by atoms with van der Waals surface area (Å²) in [6.45, 7) is 12.9. The van der Waals surface area contributed by atoms with E-state index in [9.17, 15) is 14.9 Å². The number of amides is 1. The van der Waals surface area contributed by atoms with Gasteiger partial charge in [0.05, 0.1) is 9.80 Å². The van der Waals surface area contributed by atoms with E-state index < -0.39 is 10.8 Å². The average Bonchev–Trinajstić information content (AvgIpc) is 3.46. The molecule has 0 aliphatic heterocycles. The lowest BCUT2D eigenvalue weighted by Crippen LogP contribution is -2.10. The highest BCUT2D eigenvalue weighted by molar-refractivity contribution is 7.19. The number of nitro groups is 1. The third-order valence-corrected chi connectivity index (χ3v) is 7.65. The SMILES string of the molecule is CC(C)(C)c1ccc(Oc2sc(NC(=O)c3ccc([N+](=O)[O-])s3)nc2-c2ccc(C(C)(C)C)cc2)cc1. The first-order valence-electron chi connectivity index (χ1n) is 11.8. The Labute approximate surface area is 224 Å². The number of thiazole rings is 1. The molecule has 4 aromatic rings. The van der Waals surface area contributed by atoms with Crippen molar-refractivity contribution in [2.24, 2.45) is 0 Å². The van der Waals surface area contributed by atoms with Gasteiger partial charge >= 0.3 is 5.00 Å². The van der Waals surface area contributed by atoms with Gasteiger partial charge in [0, 0.05) is 11.6 Å². The highest BCUT2D eigenvalue weighted by atomic mass is 32.1. The molecule has 7 nitrogen and oxygen atoms in total. The molecule has 0 atom stereocenters. The summed E-state index contributed by atoms with van der Waals surface area (Å²) < 4.78 is 6.25. The molecule has 0 radical (unpaired) electrons. The molecule has 0 aliphatic rings. The number of benzene rings is 2. The lowest BCUT2D eigenvalue weighted by atomic mass is 9.86. The van der Waals surface area contributed by atoms with Crippen molar-refractivity contribution in [1.82, 2.24) is 4.98 Å². The number of nitrogens with one attached hydrogen (secondary N) is 1. The van der Waals surface area contributed by atoms with E-state index >= 15 is 0 Å². The molecule has 1 amide bonds. The van der Waals surface area contributed by atoms with Crippen LogP contribution in [0.3, 0.4) is 0 Å². The van der Waals surface area contributed by atoms with Crippen LogP contribution in [0.5, 0.6) is 10.8 Å². The second kappa shape index (κ2) is 10.1. The predicted octanol–water partition coefficient (Wildman–Crippen LogP) is 8.42. The van der Waals surface area contributed by atoms with Gasteiger partial charge in [0.25, 0.3) is 5.91 Å². The molecule has 37 heavy (non-hydrogen) atoms. The lowest BCUT2D eigenvalue weighted by molar-refractivity contribution is -0.380. The number of hydrogen-bond acceptors (Lipinski definition) is 7. The predicted molar refractivity (Wildman–Crippen MR) is 150 cm³/mol. The minimum atomic E-state index is -0.513. The van der Waals surface area contributed by atoms with Crippen LogP contribution >= 0.6 is 22.7 Å². The van der Waals surface area contributed by atoms with Crippen LogP contribution in [0.4, 0.5) is 10.1 Å². The summed E-state index contributed by atoms with van der Waals surface area (Å²) in [4.78, 5) is 28.1. The van der Waals surface area contributed by atoms with Gasteiger partial charge in [-0.2, -0.15) is 0 Å². The Bertz CT molecular complexity index is 1420. The van der Waals surface area contributed by atoms with Crippen LogP contribution < -0.4 is 10.1 Å². The van der Waals surface area contributed by atoms with Crippen molar-refractivity contribution in [2.45, 2.75) is 52.4 Å². The lowest BCUT2D eigenvalue weighted by Gasteiger charge is -2.19. The van der Waals surface area contributed by atoms with E-state index in [0.717, 1.165) is 16.9 Å². The van der Waals surface area contributed by atoms with E-state index in [1.807, 2.05) is 36.4 Å². The molecule has 0 fully saturated rings. The maximum absolute atomic E-state index is 12.8. The van der Waals surface area contributed by atoms with Gasteiger partial charge in [-0.15, -0.1) is 0 Å². The Morgan fingerprint density at radius 2 is 1.43 bits per heavy atom. The Hall–Kier alpha value is -3.56. The van der Waals surface area contributed by atoms with Gasteiger partial charge in [0.15, 0.2) is 5.13 Å². The van der Waals surface area contributed by atoms with Crippen molar-refractivity contribution in [3.8, 4) is 22.1 Å². The first-order chi connectivity index (χ1) is 17.3. The van der Waals surface area contributed by atoms with E-state index in [1.54, 1.807) is 0 Å². The molecule has 4 rings (SSSR count). The van der Waals surface area contributed by atoms with Gasteiger partial charge in [-0.25, -0.2) is 4.98 Å². The Morgan fingerprint density at radius 3 is 1.95 bits per heavy atom. The number of nitrogens with zero attached hydrogens (tertiary/aromatic N) is 2. The second-order valence-electron chi connectivity index (χ2n) is 10.7. The normalized spacial score (nSPS) is 11.8. The Morgan fingerprint density at radius 1 is 0.865 bits per heavy atom.